The average Bonchev–Trinajstić information content (AvgIpc) is 3.01. The second-order valence-corrected chi connectivity index (χ2v) is 6.65. The molecule has 0 spiro atoms. The van der Waals surface area contributed by atoms with E-state index >= 15 is 0 Å². The Bertz CT molecular complexity index is 631. The van der Waals surface area contributed by atoms with Gasteiger partial charge in [0.25, 0.3) is 5.69 Å². The molecule has 0 unspecified atom stereocenters. The normalized spacial score (nSPS) is 26.7. The molecule has 1 aromatic rings. The van der Waals surface area contributed by atoms with Gasteiger partial charge in [-0.1, -0.05) is 12.1 Å². The van der Waals surface area contributed by atoms with Crippen molar-refractivity contribution < 1.29 is 13.3 Å². The van der Waals surface area contributed by atoms with Gasteiger partial charge in [-0.2, -0.15) is 4.31 Å². The molecule has 0 aliphatic carbocycles. The lowest BCUT2D eigenvalue weighted by Gasteiger charge is -2.26. The van der Waals surface area contributed by atoms with Crippen LogP contribution in [0.3, 0.4) is 0 Å². The van der Waals surface area contributed by atoms with E-state index in [-0.39, 0.29) is 22.7 Å². The second kappa shape index (κ2) is 4.26. The van der Waals surface area contributed by atoms with Gasteiger partial charge < -0.3 is 5.32 Å². The number of hydrogen-bond acceptors (Lipinski definition) is 5. The number of piperazine rings is 1. The molecule has 2 aliphatic heterocycles. The molecule has 1 N–H and O–H groups in total. The lowest BCUT2D eigenvalue weighted by atomic mass is 10.2. The van der Waals surface area contributed by atoms with E-state index in [1.807, 2.05) is 0 Å². The third-order valence-corrected chi connectivity index (χ3v) is 5.62. The Hall–Kier alpha value is -1.51. The van der Waals surface area contributed by atoms with E-state index < -0.39 is 14.9 Å². The number of nitrogens with zero attached hydrogens (tertiary/aromatic N) is 2. The molecule has 0 saturated carbocycles. The largest absolute Gasteiger partial charge is 0.311 e. The molecule has 7 nitrogen and oxygen atoms in total. The van der Waals surface area contributed by atoms with Gasteiger partial charge in [-0.25, -0.2) is 8.42 Å². The minimum absolute atomic E-state index is 0.0881. The van der Waals surface area contributed by atoms with Crippen molar-refractivity contribution >= 4 is 15.7 Å². The zero-order valence-electron chi connectivity index (χ0n) is 10.0. The molecule has 3 rings (SSSR count). The van der Waals surface area contributed by atoms with E-state index in [4.69, 9.17) is 0 Å². The third-order valence-electron chi connectivity index (χ3n) is 3.65. The van der Waals surface area contributed by atoms with Crippen molar-refractivity contribution in [3.05, 3.63) is 34.4 Å². The minimum Gasteiger partial charge on any atom is -0.311 e. The number of fused-ring (bicyclic) bond motifs is 2. The van der Waals surface area contributed by atoms with E-state index in [1.165, 1.54) is 28.6 Å². The summed E-state index contributed by atoms with van der Waals surface area (Å²) in [4.78, 5) is 10.1. The van der Waals surface area contributed by atoms with Gasteiger partial charge in [0.2, 0.25) is 10.0 Å². The smallest absolute Gasteiger partial charge is 0.289 e. The summed E-state index contributed by atoms with van der Waals surface area (Å²) in [5.41, 5.74) is -0.363. The van der Waals surface area contributed by atoms with E-state index in [1.54, 1.807) is 0 Å². The van der Waals surface area contributed by atoms with Crippen LogP contribution in [0.15, 0.2) is 29.2 Å². The molecular weight excluding hydrogens is 270 g/mol. The van der Waals surface area contributed by atoms with Gasteiger partial charge in [-0.05, 0) is 12.5 Å². The maximum atomic E-state index is 12.5. The summed E-state index contributed by atoms with van der Waals surface area (Å²) in [5, 5.41) is 14.2. The van der Waals surface area contributed by atoms with Crippen LogP contribution in [0.5, 0.6) is 0 Å². The first-order chi connectivity index (χ1) is 9.00. The van der Waals surface area contributed by atoms with Gasteiger partial charge in [-0.3, -0.25) is 10.1 Å². The van der Waals surface area contributed by atoms with E-state index in [2.05, 4.69) is 5.32 Å². The predicted octanol–water partition coefficient (Wildman–Crippen LogP) is 0.330. The summed E-state index contributed by atoms with van der Waals surface area (Å²) in [5.74, 6) is 0. The lowest BCUT2D eigenvalue weighted by molar-refractivity contribution is -0.387. The van der Waals surface area contributed by atoms with Crippen LogP contribution < -0.4 is 5.32 Å². The number of benzene rings is 1. The first kappa shape index (κ1) is 12.5. The van der Waals surface area contributed by atoms with Crippen molar-refractivity contribution in [1.29, 1.82) is 0 Å². The van der Waals surface area contributed by atoms with Gasteiger partial charge in [-0.15, -0.1) is 0 Å². The Kier molecular flexibility index (Phi) is 2.80. The number of rotatable bonds is 3. The molecule has 0 aromatic heterocycles. The molecule has 8 heteroatoms. The minimum atomic E-state index is -3.79. The van der Waals surface area contributed by atoms with Crippen molar-refractivity contribution in [2.75, 3.05) is 13.1 Å². The second-order valence-electron chi connectivity index (χ2n) is 4.79. The van der Waals surface area contributed by atoms with Crippen LogP contribution in [-0.4, -0.2) is 42.8 Å². The Morgan fingerprint density at radius 3 is 2.68 bits per heavy atom. The fraction of sp³-hybridized carbons (Fsp3) is 0.455. The third kappa shape index (κ3) is 1.92. The van der Waals surface area contributed by atoms with E-state index in [0.717, 1.165) is 6.42 Å². The summed E-state index contributed by atoms with van der Waals surface area (Å²) in [6.45, 7) is 1.00. The fourth-order valence-electron chi connectivity index (χ4n) is 2.77. The Morgan fingerprint density at radius 2 is 2.11 bits per heavy atom. The average molecular weight is 283 g/mol. The zero-order valence-corrected chi connectivity index (χ0v) is 10.8. The molecule has 19 heavy (non-hydrogen) atoms. The molecule has 2 aliphatic rings. The molecule has 102 valence electrons. The highest BCUT2D eigenvalue weighted by atomic mass is 32.2. The highest BCUT2D eigenvalue weighted by Gasteiger charge is 2.45. The first-order valence-electron chi connectivity index (χ1n) is 5.99. The molecule has 0 radical (unpaired) electrons. The SMILES string of the molecule is O=[N+]([O-])c1ccccc1S(=O)(=O)N1C[C@@H]2C[C@H]1CN2. The summed E-state index contributed by atoms with van der Waals surface area (Å²) in [6.07, 6.45) is 0.778. The van der Waals surface area contributed by atoms with Crippen LogP contribution in [0.25, 0.3) is 0 Å². The Labute approximate surface area is 110 Å². The van der Waals surface area contributed by atoms with Crippen LogP contribution in [0, 0.1) is 10.1 Å². The van der Waals surface area contributed by atoms with Crippen LogP contribution in [0.1, 0.15) is 6.42 Å². The molecule has 1 aromatic carbocycles. The van der Waals surface area contributed by atoms with Crippen LogP contribution in [0.4, 0.5) is 5.69 Å². The van der Waals surface area contributed by atoms with Crippen molar-refractivity contribution in [1.82, 2.24) is 9.62 Å². The molecule has 2 bridgehead atoms. The molecular formula is C11H13N3O4S. The van der Waals surface area contributed by atoms with Gasteiger partial charge >= 0.3 is 0 Å². The van der Waals surface area contributed by atoms with Crippen LogP contribution in [0.2, 0.25) is 0 Å². The monoisotopic (exact) mass is 283 g/mol. The van der Waals surface area contributed by atoms with Crippen molar-refractivity contribution in [2.45, 2.75) is 23.4 Å². The number of para-hydroxylation sites is 1. The standard InChI is InChI=1S/C11H13N3O4S/c15-14(16)10-3-1-2-4-11(10)19(17,18)13-7-8-5-9(13)6-12-8/h1-4,8-9,12H,5-7H2/t8-,9-/m0/s1. The molecule has 2 saturated heterocycles. The molecule has 2 atom stereocenters. The van der Waals surface area contributed by atoms with Crippen molar-refractivity contribution in [3.8, 4) is 0 Å². The first-order valence-corrected chi connectivity index (χ1v) is 7.43. The molecule has 0 amide bonds. The van der Waals surface area contributed by atoms with Crippen LogP contribution in [-0.2, 0) is 10.0 Å². The Morgan fingerprint density at radius 1 is 1.37 bits per heavy atom. The fourth-order valence-corrected chi connectivity index (χ4v) is 4.61. The van der Waals surface area contributed by atoms with E-state index in [9.17, 15) is 18.5 Å². The van der Waals surface area contributed by atoms with E-state index in [0.29, 0.717) is 13.1 Å². The maximum absolute atomic E-state index is 12.5. The highest BCUT2D eigenvalue weighted by Crippen LogP contribution is 2.33. The van der Waals surface area contributed by atoms with Crippen LogP contribution >= 0.6 is 0 Å². The quantitative estimate of drug-likeness (QED) is 0.637. The topological polar surface area (TPSA) is 92.5 Å². The van der Waals surface area contributed by atoms with Gasteiger partial charge in [0.15, 0.2) is 4.90 Å². The van der Waals surface area contributed by atoms with Gasteiger partial charge in [0.05, 0.1) is 4.92 Å². The summed E-state index contributed by atoms with van der Waals surface area (Å²) >= 11 is 0. The summed E-state index contributed by atoms with van der Waals surface area (Å²) in [6, 6.07) is 5.57. The highest BCUT2D eigenvalue weighted by molar-refractivity contribution is 7.89. The zero-order chi connectivity index (χ0) is 13.6. The van der Waals surface area contributed by atoms with Crippen molar-refractivity contribution in [3.63, 3.8) is 0 Å². The lowest BCUT2D eigenvalue weighted by Crippen LogP contribution is -2.46. The van der Waals surface area contributed by atoms with Gasteiger partial charge in [0, 0.05) is 31.2 Å². The number of hydrogen-bond donors (Lipinski definition) is 1. The summed E-state index contributed by atoms with van der Waals surface area (Å²) < 4.78 is 26.5. The number of nitrogens with one attached hydrogen (secondary N) is 1. The number of nitro groups is 1. The van der Waals surface area contributed by atoms with Gasteiger partial charge in [0.1, 0.15) is 0 Å². The Balaban J connectivity index is 2.04. The maximum Gasteiger partial charge on any atom is 0.289 e. The number of nitro benzene ring substituents is 1. The molecule has 2 fully saturated rings. The van der Waals surface area contributed by atoms with Crippen molar-refractivity contribution in [2.24, 2.45) is 0 Å². The molecule has 2 heterocycles. The summed E-state index contributed by atoms with van der Waals surface area (Å²) in [7, 11) is -3.79. The predicted molar refractivity (Wildman–Crippen MR) is 67.2 cm³/mol. The number of sulfonamides is 1.